The minimum Gasteiger partial charge on any atom is -0.496 e. The molecule has 0 saturated carbocycles. The maximum atomic E-state index is 13.4. The van der Waals surface area contributed by atoms with Gasteiger partial charge in [0.1, 0.15) is 11.6 Å². The van der Waals surface area contributed by atoms with Gasteiger partial charge in [-0.1, -0.05) is 6.07 Å². The van der Waals surface area contributed by atoms with Crippen molar-refractivity contribution in [2.45, 2.75) is 6.54 Å². The van der Waals surface area contributed by atoms with E-state index in [1.807, 2.05) is 0 Å². The standard InChI is InChI=1S/C10H13FN2O3/c1-16-9-4-2-3-8(11)7(9)5-12-6-10(14)13-15/h2-4,12,15H,5-6H2,1H3,(H,13,14). The lowest BCUT2D eigenvalue weighted by molar-refractivity contribution is -0.128. The first-order valence-corrected chi connectivity index (χ1v) is 4.64. The molecule has 0 unspecified atom stereocenters. The molecule has 0 aromatic heterocycles. The number of carbonyl (C=O) groups excluding carboxylic acids is 1. The van der Waals surface area contributed by atoms with Crippen LogP contribution >= 0.6 is 0 Å². The molecular formula is C10H13FN2O3. The van der Waals surface area contributed by atoms with Crippen molar-refractivity contribution in [1.82, 2.24) is 10.8 Å². The van der Waals surface area contributed by atoms with Crippen molar-refractivity contribution in [2.24, 2.45) is 0 Å². The molecule has 0 fully saturated rings. The number of benzene rings is 1. The lowest BCUT2D eigenvalue weighted by Gasteiger charge is -2.09. The Kier molecular flexibility index (Phi) is 4.68. The number of hydroxylamine groups is 1. The van der Waals surface area contributed by atoms with Gasteiger partial charge in [0.2, 0.25) is 0 Å². The quantitative estimate of drug-likeness (QED) is 0.505. The van der Waals surface area contributed by atoms with Gasteiger partial charge in [-0.3, -0.25) is 10.0 Å². The molecule has 0 aliphatic carbocycles. The second kappa shape index (κ2) is 6.04. The highest BCUT2D eigenvalue weighted by atomic mass is 19.1. The Balaban J connectivity index is 2.62. The van der Waals surface area contributed by atoms with Crippen LogP contribution in [0.25, 0.3) is 0 Å². The highest BCUT2D eigenvalue weighted by molar-refractivity contribution is 5.76. The van der Waals surface area contributed by atoms with Gasteiger partial charge in [-0.2, -0.15) is 0 Å². The zero-order valence-electron chi connectivity index (χ0n) is 8.79. The van der Waals surface area contributed by atoms with Crippen LogP contribution in [-0.4, -0.2) is 24.8 Å². The fourth-order valence-electron chi connectivity index (χ4n) is 1.24. The van der Waals surface area contributed by atoms with E-state index in [0.717, 1.165) is 0 Å². The molecular weight excluding hydrogens is 215 g/mol. The van der Waals surface area contributed by atoms with Crippen molar-refractivity contribution in [3.8, 4) is 5.75 Å². The largest absolute Gasteiger partial charge is 0.496 e. The van der Waals surface area contributed by atoms with Crippen molar-refractivity contribution in [1.29, 1.82) is 0 Å². The molecule has 0 bridgehead atoms. The van der Waals surface area contributed by atoms with Crippen LogP contribution < -0.4 is 15.5 Å². The molecule has 0 heterocycles. The molecule has 1 aromatic rings. The van der Waals surface area contributed by atoms with E-state index in [2.05, 4.69) is 5.32 Å². The van der Waals surface area contributed by atoms with Gasteiger partial charge in [0.15, 0.2) is 0 Å². The van der Waals surface area contributed by atoms with Crippen LogP contribution in [-0.2, 0) is 11.3 Å². The number of hydrogen-bond acceptors (Lipinski definition) is 4. The van der Waals surface area contributed by atoms with Crippen molar-refractivity contribution in [3.63, 3.8) is 0 Å². The summed E-state index contributed by atoms with van der Waals surface area (Å²) in [6, 6.07) is 4.48. The van der Waals surface area contributed by atoms with Crippen molar-refractivity contribution in [3.05, 3.63) is 29.6 Å². The first-order valence-electron chi connectivity index (χ1n) is 4.64. The van der Waals surface area contributed by atoms with E-state index in [1.165, 1.54) is 24.7 Å². The van der Waals surface area contributed by atoms with Gasteiger partial charge < -0.3 is 10.1 Å². The zero-order valence-corrected chi connectivity index (χ0v) is 8.79. The monoisotopic (exact) mass is 228 g/mol. The first kappa shape index (κ1) is 12.4. The second-order valence-electron chi connectivity index (χ2n) is 3.06. The summed E-state index contributed by atoms with van der Waals surface area (Å²) < 4.78 is 18.4. The molecule has 1 amide bonds. The van der Waals surface area contributed by atoms with Gasteiger partial charge in [0.05, 0.1) is 13.7 Å². The van der Waals surface area contributed by atoms with Crippen molar-refractivity contribution < 1.29 is 19.1 Å². The number of rotatable bonds is 5. The highest BCUT2D eigenvalue weighted by Crippen LogP contribution is 2.20. The SMILES string of the molecule is COc1cccc(F)c1CNCC(=O)NO. The number of nitrogens with one attached hydrogen (secondary N) is 2. The predicted octanol–water partition coefficient (Wildman–Crippen LogP) is 0.429. The van der Waals surface area contributed by atoms with Gasteiger partial charge in [-0.15, -0.1) is 0 Å². The van der Waals surface area contributed by atoms with Crippen molar-refractivity contribution >= 4 is 5.91 Å². The van der Waals surface area contributed by atoms with Gasteiger partial charge in [0, 0.05) is 12.1 Å². The Morgan fingerprint density at radius 3 is 2.94 bits per heavy atom. The van der Waals surface area contributed by atoms with E-state index in [-0.39, 0.29) is 13.1 Å². The number of methoxy groups -OCH3 is 1. The summed E-state index contributed by atoms with van der Waals surface area (Å²) in [7, 11) is 1.44. The summed E-state index contributed by atoms with van der Waals surface area (Å²) in [4.78, 5) is 10.7. The third-order valence-electron chi connectivity index (χ3n) is 2.01. The number of hydrogen-bond donors (Lipinski definition) is 3. The summed E-state index contributed by atoms with van der Waals surface area (Å²) in [6.45, 7) is 0.0389. The topological polar surface area (TPSA) is 70.6 Å². The summed E-state index contributed by atoms with van der Waals surface area (Å²) in [6.07, 6.45) is 0. The molecule has 1 aromatic carbocycles. The van der Waals surface area contributed by atoms with Gasteiger partial charge in [-0.05, 0) is 12.1 Å². The number of amides is 1. The van der Waals surface area contributed by atoms with E-state index in [0.29, 0.717) is 11.3 Å². The maximum Gasteiger partial charge on any atom is 0.257 e. The molecule has 6 heteroatoms. The summed E-state index contributed by atoms with van der Waals surface area (Å²) in [5.41, 5.74) is 1.81. The van der Waals surface area contributed by atoms with Crippen LogP contribution in [0.2, 0.25) is 0 Å². The molecule has 5 nitrogen and oxygen atoms in total. The Bertz CT molecular complexity index is 371. The van der Waals surface area contributed by atoms with E-state index >= 15 is 0 Å². The van der Waals surface area contributed by atoms with Crippen LogP contribution in [0.4, 0.5) is 4.39 Å². The second-order valence-corrected chi connectivity index (χ2v) is 3.06. The Morgan fingerprint density at radius 2 is 2.31 bits per heavy atom. The van der Waals surface area contributed by atoms with Crippen LogP contribution in [0, 0.1) is 5.82 Å². The maximum absolute atomic E-state index is 13.4. The predicted molar refractivity (Wildman–Crippen MR) is 54.6 cm³/mol. The normalized spacial score (nSPS) is 9.94. The lowest BCUT2D eigenvalue weighted by atomic mass is 10.2. The molecule has 0 saturated heterocycles. The van der Waals surface area contributed by atoms with E-state index in [4.69, 9.17) is 9.94 Å². The van der Waals surface area contributed by atoms with Crippen LogP contribution in [0.15, 0.2) is 18.2 Å². The average molecular weight is 228 g/mol. The van der Waals surface area contributed by atoms with Crippen LogP contribution in [0.3, 0.4) is 0 Å². The molecule has 16 heavy (non-hydrogen) atoms. The highest BCUT2D eigenvalue weighted by Gasteiger charge is 2.08. The summed E-state index contributed by atoms with van der Waals surface area (Å²) >= 11 is 0. The molecule has 0 aliphatic rings. The third-order valence-corrected chi connectivity index (χ3v) is 2.01. The lowest BCUT2D eigenvalue weighted by Crippen LogP contribution is -2.31. The Labute approximate surface area is 92.2 Å². The summed E-state index contributed by atoms with van der Waals surface area (Å²) in [5, 5.41) is 10.9. The Hall–Kier alpha value is -1.66. The van der Waals surface area contributed by atoms with Gasteiger partial charge in [0.25, 0.3) is 5.91 Å². The fraction of sp³-hybridized carbons (Fsp3) is 0.300. The molecule has 0 spiro atoms. The average Bonchev–Trinajstić information content (AvgIpc) is 2.30. The Morgan fingerprint density at radius 1 is 1.56 bits per heavy atom. The number of carbonyl (C=O) groups is 1. The van der Waals surface area contributed by atoms with Gasteiger partial charge in [-0.25, -0.2) is 9.87 Å². The molecule has 3 N–H and O–H groups in total. The third kappa shape index (κ3) is 3.18. The zero-order chi connectivity index (χ0) is 12.0. The smallest absolute Gasteiger partial charge is 0.257 e. The summed E-state index contributed by atoms with van der Waals surface area (Å²) in [5.74, 6) is -0.580. The van der Waals surface area contributed by atoms with Gasteiger partial charge >= 0.3 is 0 Å². The molecule has 88 valence electrons. The van der Waals surface area contributed by atoms with Crippen molar-refractivity contribution in [2.75, 3.05) is 13.7 Å². The minimum absolute atomic E-state index is 0.103. The van der Waals surface area contributed by atoms with E-state index in [9.17, 15) is 9.18 Å². The molecule has 0 atom stereocenters. The molecule has 0 radical (unpaired) electrons. The van der Waals surface area contributed by atoms with Crippen LogP contribution in [0.5, 0.6) is 5.75 Å². The molecule has 1 rings (SSSR count). The van der Waals surface area contributed by atoms with Crippen LogP contribution in [0.1, 0.15) is 5.56 Å². The fourth-order valence-corrected chi connectivity index (χ4v) is 1.24. The number of halogens is 1. The minimum atomic E-state index is -0.588. The van der Waals surface area contributed by atoms with E-state index < -0.39 is 11.7 Å². The van der Waals surface area contributed by atoms with E-state index in [1.54, 1.807) is 6.07 Å². The number of ether oxygens (including phenoxy) is 1. The molecule has 0 aliphatic heterocycles. The first-order chi connectivity index (χ1) is 7.69.